The third kappa shape index (κ3) is 21.4. The second-order valence-corrected chi connectivity index (χ2v) is 24.3. The van der Waals surface area contributed by atoms with Crippen molar-refractivity contribution in [1.29, 1.82) is 0 Å². The average Bonchev–Trinajstić information content (AvgIpc) is 3.20. The van der Waals surface area contributed by atoms with Gasteiger partial charge in [-0.3, -0.25) is 4.79 Å². The van der Waals surface area contributed by atoms with E-state index in [2.05, 4.69) is 21.3 Å². The minimum atomic E-state index is -2.00. The SMILES string of the molecule is CN(C(=O)OC(C)(C)C)[C@@H]1[C@@H](O)[C@@H](O[C@@H]2[C@@H](O)[C@H](O[C@H]3O[C@H](CN(CCF)C(=O)OC(C)(C)C)CC[C@H]3NC(=O)OC(C)(C)C)[C@@H](NC(=O)OC(C)(C)C)C[C@H]2NC(=O)[C@@H](O)CNC(=O)OC(C)(C)C)OC[C@]1(C)O. The number of hydrogen-bond acceptors (Lipinski definition) is 19. The van der Waals surface area contributed by atoms with Crippen molar-refractivity contribution < 1.29 is 96.2 Å². The minimum absolute atomic E-state index is 0.0990. The van der Waals surface area contributed by atoms with Crippen LogP contribution in [0.5, 0.6) is 0 Å². The van der Waals surface area contributed by atoms with Gasteiger partial charge in [0.05, 0.1) is 56.5 Å². The Morgan fingerprint density at radius 1 is 0.667 bits per heavy atom. The standard InChI is InChI=1S/C49H87FN6O19/c1-44(2,3)71-39(61)51-23-30(57)36(60)52-28-22-29(54-41(63)73-46(7,8)9)34(31(58)33(28)70-38-32(59)35(49(16,66)25-67-38)55(17)42(64)74-47(10,11)12)69-37-27(53-40(62)72-45(4,5)6)19-18-26(68-37)24-56(21-20-50)43(65)75-48(13,14)15/h26-35,37-38,57-59,66H,18-25H2,1-17H3,(H,51,61)(H,52,60)(H,53,62)(H,54,63)/t26-,27+,28+,29-,30-,31+,32+,33-,34+,35+,37+,38+,49-/m0/s1. The van der Waals surface area contributed by atoms with Crippen LogP contribution in [0.2, 0.25) is 0 Å². The van der Waals surface area contributed by atoms with Crippen molar-refractivity contribution in [2.45, 2.75) is 237 Å². The molecule has 434 valence electrons. The molecule has 0 aromatic rings. The molecule has 0 aromatic heterocycles. The molecule has 1 saturated carbocycles. The molecule has 3 rings (SSSR count). The molecule has 26 heteroatoms. The molecule has 0 spiro atoms. The van der Waals surface area contributed by atoms with E-state index in [1.54, 1.807) is 104 Å². The Morgan fingerprint density at radius 2 is 1.13 bits per heavy atom. The first-order valence-corrected chi connectivity index (χ1v) is 25.2. The molecule has 2 heterocycles. The third-order valence-electron chi connectivity index (χ3n) is 11.2. The van der Waals surface area contributed by atoms with Crippen LogP contribution >= 0.6 is 0 Å². The highest BCUT2D eigenvalue weighted by Gasteiger charge is 2.55. The van der Waals surface area contributed by atoms with Gasteiger partial charge < -0.3 is 94.1 Å². The van der Waals surface area contributed by atoms with Gasteiger partial charge in [-0.2, -0.15) is 0 Å². The largest absolute Gasteiger partial charge is 0.444 e. The zero-order chi connectivity index (χ0) is 57.4. The summed E-state index contributed by atoms with van der Waals surface area (Å²) in [4.78, 5) is 82.0. The van der Waals surface area contributed by atoms with Gasteiger partial charge in [0.1, 0.15) is 70.8 Å². The maximum atomic E-state index is 13.9. The highest BCUT2D eigenvalue weighted by Crippen LogP contribution is 2.35. The lowest BCUT2D eigenvalue weighted by Gasteiger charge is -2.51. The van der Waals surface area contributed by atoms with E-state index < -0.39 is 170 Å². The molecule has 0 unspecified atom stereocenters. The summed E-state index contributed by atoms with van der Waals surface area (Å²) in [7, 11) is 1.28. The van der Waals surface area contributed by atoms with Crippen LogP contribution in [0.25, 0.3) is 0 Å². The van der Waals surface area contributed by atoms with Crippen LogP contribution in [0.3, 0.4) is 0 Å². The zero-order valence-electron chi connectivity index (χ0n) is 46.8. The number of aliphatic hydroxyl groups is 4. The Hall–Kier alpha value is -4.57. The molecule has 0 bridgehead atoms. The Bertz CT molecular complexity index is 1930. The predicted molar refractivity (Wildman–Crippen MR) is 265 cm³/mol. The maximum Gasteiger partial charge on any atom is 0.410 e. The molecule has 75 heavy (non-hydrogen) atoms. The summed E-state index contributed by atoms with van der Waals surface area (Å²) >= 11 is 0. The van der Waals surface area contributed by atoms with E-state index in [9.17, 15) is 53.6 Å². The van der Waals surface area contributed by atoms with Crippen LogP contribution in [0.1, 0.15) is 130 Å². The number of ether oxygens (including phenoxy) is 9. The fourth-order valence-electron chi connectivity index (χ4n) is 8.28. The summed E-state index contributed by atoms with van der Waals surface area (Å²) in [5.74, 6) is -1.11. The Morgan fingerprint density at radius 3 is 1.64 bits per heavy atom. The normalized spacial score (nSPS) is 29.1. The predicted octanol–water partition coefficient (Wildman–Crippen LogP) is 3.09. The topological polar surface area (TPSA) is 321 Å². The van der Waals surface area contributed by atoms with Gasteiger partial charge in [-0.25, -0.2) is 28.4 Å². The Kier molecular flexibility index (Phi) is 22.2. The van der Waals surface area contributed by atoms with Gasteiger partial charge in [0.15, 0.2) is 12.6 Å². The van der Waals surface area contributed by atoms with E-state index in [-0.39, 0.29) is 25.9 Å². The highest BCUT2D eigenvalue weighted by atomic mass is 19.1. The number of amides is 6. The van der Waals surface area contributed by atoms with Crippen molar-refractivity contribution >= 4 is 36.4 Å². The van der Waals surface area contributed by atoms with Gasteiger partial charge in [-0.05, 0) is 130 Å². The summed E-state index contributed by atoms with van der Waals surface area (Å²) in [6.45, 7) is 23.0. The number of aliphatic hydroxyl groups excluding tert-OH is 3. The highest BCUT2D eigenvalue weighted by molar-refractivity contribution is 5.82. The first-order valence-electron chi connectivity index (χ1n) is 25.2. The second-order valence-electron chi connectivity index (χ2n) is 24.3. The van der Waals surface area contributed by atoms with Crippen LogP contribution in [-0.4, -0.2) is 214 Å². The number of nitrogens with one attached hydrogen (secondary N) is 4. The minimum Gasteiger partial charge on any atom is -0.444 e. The van der Waals surface area contributed by atoms with Crippen LogP contribution in [0, 0.1) is 0 Å². The molecular weight excluding hydrogens is 996 g/mol. The number of alkyl carbamates (subject to hydrolysis) is 3. The first kappa shape index (κ1) is 64.7. The summed E-state index contributed by atoms with van der Waals surface area (Å²) in [5.41, 5.74) is -6.76. The molecule has 2 aliphatic heterocycles. The number of carbonyl (C=O) groups excluding carboxylic acids is 6. The van der Waals surface area contributed by atoms with Gasteiger partial charge in [-0.1, -0.05) is 0 Å². The number of rotatable bonds is 15. The van der Waals surface area contributed by atoms with Gasteiger partial charge in [0.2, 0.25) is 0 Å². The maximum absolute atomic E-state index is 13.9. The fourth-order valence-corrected chi connectivity index (χ4v) is 8.28. The van der Waals surface area contributed by atoms with Gasteiger partial charge in [0, 0.05) is 7.05 Å². The molecule has 6 amide bonds. The van der Waals surface area contributed by atoms with Crippen LogP contribution in [0.4, 0.5) is 28.4 Å². The Labute approximate surface area is 439 Å². The van der Waals surface area contributed by atoms with E-state index in [1.807, 2.05) is 0 Å². The second kappa shape index (κ2) is 25.7. The number of hydrogen-bond donors (Lipinski definition) is 8. The van der Waals surface area contributed by atoms with Crippen LogP contribution in [0.15, 0.2) is 0 Å². The molecule has 2 saturated heterocycles. The number of nitrogens with zero attached hydrogens (tertiary/aromatic N) is 2. The quantitative estimate of drug-likeness (QED) is 0.109. The van der Waals surface area contributed by atoms with E-state index in [0.717, 1.165) is 9.80 Å². The number of likely N-dealkylation sites (N-methyl/N-ethyl adjacent to an activating group) is 1. The van der Waals surface area contributed by atoms with Gasteiger partial charge in [-0.15, -0.1) is 0 Å². The van der Waals surface area contributed by atoms with Crippen molar-refractivity contribution in [2.75, 3.05) is 40.0 Å². The zero-order valence-corrected chi connectivity index (χ0v) is 46.8. The first-order chi connectivity index (χ1) is 34.1. The molecule has 25 nitrogen and oxygen atoms in total. The van der Waals surface area contributed by atoms with Gasteiger partial charge >= 0.3 is 30.5 Å². The fraction of sp³-hybridized carbons (Fsp3) is 0.878. The van der Waals surface area contributed by atoms with Crippen molar-refractivity contribution in [3.8, 4) is 0 Å². The van der Waals surface area contributed by atoms with Crippen molar-refractivity contribution in [1.82, 2.24) is 31.1 Å². The molecule has 0 aromatic carbocycles. The Balaban J connectivity index is 2.18. The molecule has 3 aliphatic rings. The van der Waals surface area contributed by atoms with E-state index in [0.29, 0.717) is 0 Å². The van der Waals surface area contributed by atoms with E-state index >= 15 is 0 Å². The van der Waals surface area contributed by atoms with Crippen molar-refractivity contribution in [2.24, 2.45) is 0 Å². The third-order valence-corrected chi connectivity index (χ3v) is 11.2. The van der Waals surface area contributed by atoms with E-state index in [4.69, 9.17) is 42.6 Å². The molecule has 3 fully saturated rings. The van der Waals surface area contributed by atoms with Crippen molar-refractivity contribution in [3.05, 3.63) is 0 Å². The molecule has 8 N–H and O–H groups in total. The summed E-state index contributed by atoms with van der Waals surface area (Å²) in [6, 6.07) is -5.33. The average molecular weight is 1080 g/mol. The lowest BCUT2D eigenvalue weighted by atomic mass is 9.82. The lowest BCUT2D eigenvalue weighted by Crippen LogP contribution is -2.71. The monoisotopic (exact) mass is 1080 g/mol. The van der Waals surface area contributed by atoms with Crippen LogP contribution in [-0.2, 0) is 47.4 Å². The van der Waals surface area contributed by atoms with Crippen molar-refractivity contribution in [3.63, 3.8) is 0 Å². The number of halogens is 1. The van der Waals surface area contributed by atoms with E-state index in [1.165, 1.54) is 14.0 Å². The molecule has 1 aliphatic carbocycles. The number of alkyl halides is 1. The summed E-state index contributed by atoms with van der Waals surface area (Å²) in [5, 5.41) is 57.5. The van der Waals surface area contributed by atoms with Crippen LogP contribution < -0.4 is 21.3 Å². The smallest absolute Gasteiger partial charge is 0.410 e. The lowest BCUT2D eigenvalue weighted by molar-refractivity contribution is -0.315. The molecular formula is C49H87FN6O19. The molecule has 0 radical (unpaired) electrons. The summed E-state index contributed by atoms with van der Waals surface area (Å²) < 4.78 is 66.6. The molecule has 13 atom stereocenters. The van der Waals surface area contributed by atoms with Gasteiger partial charge in [0.25, 0.3) is 5.91 Å². The number of carbonyl (C=O) groups is 6. The summed E-state index contributed by atoms with van der Waals surface area (Å²) in [6.07, 6.45) is -18.2.